The van der Waals surface area contributed by atoms with Gasteiger partial charge in [-0.25, -0.2) is 0 Å². The Labute approximate surface area is 292 Å². The lowest BCUT2D eigenvalue weighted by atomic mass is 9.85. The highest BCUT2D eigenvalue weighted by Gasteiger charge is 2.95. The molecule has 314 valence electrons. The fourth-order valence-corrected chi connectivity index (χ4v) is 4.93. The molecule has 0 spiro atoms. The molecule has 0 amide bonds. The average Bonchev–Trinajstić information content (AvgIpc) is 3.03. The summed E-state index contributed by atoms with van der Waals surface area (Å²) in [5.41, 5.74) is 0. The molecule has 1 atom stereocenters. The van der Waals surface area contributed by atoms with Gasteiger partial charge in [-0.05, 0) is 32.1 Å². The van der Waals surface area contributed by atoms with Crippen LogP contribution in [0.1, 0.15) is 124 Å². The smallest absolute Gasteiger partial charge is 0.327 e. The van der Waals surface area contributed by atoms with Crippen molar-refractivity contribution in [2.45, 2.75) is 178 Å². The van der Waals surface area contributed by atoms with E-state index in [4.69, 9.17) is 14.2 Å². The fraction of sp³-hybridized carbons (Fsp3) is 1.00. The van der Waals surface area contributed by atoms with Crippen molar-refractivity contribution in [3.8, 4) is 0 Å². The lowest BCUT2D eigenvalue weighted by Gasteiger charge is -2.43. The van der Waals surface area contributed by atoms with E-state index in [2.05, 4.69) is 0 Å². The van der Waals surface area contributed by atoms with E-state index in [-0.39, 0.29) is 32.7 Å². The van der Waals surface area contributed by atoms with Crippen molar-refractivity contribution in [1.29, 1.82) is 0 Å². The Bertz CT molecular complexity index is 977. The number of alkyl halides is 17. The zero-order valence-electron chi connectivity index (χ0n) is 29.5. The number of rotatable bonds is 29. The second kappa shape index (κ2) is 20.0. The van der Waals surface area contributed by atoms with Crippen molar-refractivity contribution >= 4 is 0 Å². The molecule has 0 N–H and O–H groups in total. The highest BCUT2D eigenvalue weighted by atomic mass is 19.4. The summed E-state index contributed by atoms with van der Waals surface area (Å²) in [5.74, 6) is -60.4. The van der Waals surface area contributed by atoms with Gasteiger partial charge >= 0.3 is 47.6 Å². The molecule has 1 unspecified atom stereocenters. The molecule has 0 aromatic carbocycles. The average molecular weight is 805 g/mol. The standard InChI is InChI=1S/C32H49F17O3/c1-5-9-13-14-15-16-17-23(25(50-20-10-6-2,51-21-11-7-3)52-22-12-8-4)18-19-24(33,34)26(35,36)27(37,38)28(39,40)29(41,42)30(43,44)31(45,46)32(47,48)49/h23H,5-22H2,1-4H3. The Morgan fingerprint density at radius 1 is 0.365 bits per heavy atom. The van der Waals surface area contributed by atoms with E-state index >= 15 is 8.78 Å². The van der Waals surface area contributed by atoms with Gasteiger partial charge in [0, 0.05) is 12.3 Å². The van der Waals surface area contributed by atoms with Gasteiger partial charge in [0.1, 0.15) is 0 Å². The highest BCUT2D eigenvalue weighted by molar-refractivity contribution is 5.15. The van der Waals surface area contributed by atoms with Crippen LogP contribution in [0.5, 0.6) is 0 Å². The Morgan fingerprint density at radius 2 is 0.692 bits per heavy atom. The molecule has 0 radical (unpaired) electrons. The quantitative estimate of drug-likeness (QED) is 0.0428. The van der Waals surface area contributed by atoms with Crippen molar-refractivity contribution in [3.05, 3.63) is 0 Å². The monoisotopic (exact) mass is 804 g/mol. The predicted octanol–water partition coefficient (Wildman–Crippen LogP) is 13.2. The van der Waals surface area contributed by atoms with Gasteiger partial charge in [0.2, 0.25) is 0 Å². The van der Waals surface area contributed by atoms with Crippen LogP contribution in [-0.2, 0) is 14.2 Å². The molecule has 0 aliphatic carbocycles. The van der Waals surface area contributed by atoms with E-state index in [0.717, 1.165) is 19.3 Å². The van der Waals surface area contributed by atoms with Crippen molar-refractivity contribution in [3.63, 3.8) is 0 Å². The minimum atomic E-state index is -8.66. The van der Waals surface area contributed by atoms with Crippen LogP contribution in [-0.4, -0.2) is 73.4 Å². The highest BCUT2D eigenvalue weighted by Crippen LogP contribution is 2.64. The maximum atomic E-state index is 15.1. The minimum absolute atomic E-state index is 0.159. The molecular formula is C32H49F17O3. The Morgan fingerprint density at radius 3 is 1.06 bits per heavy atom. The summed E-state index contributed by atoms with van der Waals surface area (Å²) < 4.78 is 254. The predicted molar refractivity (Wildman–Crippen MR) is 157 cm³/mol. The fourth-order valence-electron chi connectivity index (χ4n) is 4.93. The molecular weight excluding hydrogens is 755 g/mol. The summed E-state index contributed by atoms with van der Waals surface area (Å²) in [5, 5.41) is 0. The topological polar surface area (TPSA) is 27.7 Å². The largest absolute Gasteiger partial charge is 0.460 e. The first kappa shape index (κ1) is 50.7. The molecule has 0 heterocycles. The van der Waals surface area contributed by atoms with Crippen LogP contribution in [0.3, 0.4) is 0 Å². The number of ether oxygens (including phenoxy) is 3. The maximum absolute atomic E-state index is 15.1. The van der Waals surface area contributed by atoms with Gasteiger partial charge in [-0.2, -0.15) is 74.6 Å². The van der Waals surface area contributed by atoms with Crippen molar-refractivity contribution < 1.29 is 88.8 Å². The van der Waals surface area contributed by atoms with E-state index in [1.54, 1.807) is 20.8 Å². The summed E-state index contributed by atoms with van der Waals surface area (Å²) in [7, 11) is 0. The molecule has 0 saturated carbocycles. The number of unbranched alkanes of at least 4 members (excludes halogenated alkanes) is 8. The summed E-state index contributed by atoms with van der Waals surface area (Å²) in [4.78, 5) is 0. The van der Waals surface area contributed by atoms with Gasteiger partial charge < -0.3 is 14.2 Å². The van der Waals surface area contributed by atoms with E-state index in [9.17, 15) is 65.9 Å². The van der Waals surface area contributed by atoms with Gasteiger partial charge in [-0.3, -0.25) is 0 Å². The van der Waals surface area contributed by atoms with Gasteiger partial charge in [0.05, 0.1) is 19.8 Å². The molecule has 0 aromatic rings. The van der Waals surface area contributed by atoms with Crippen molar-refractivity contribution in [2.24, 2.45) is 5.92 Å². The first-order chi connectivity index (χ1) is 23.6. The zero-order chi connectivity index (χ0) is 40.9. The molecule has 0 aromatic heterocycles. The molecule has 0 saturated heterocycles. The summed E-state index contributed by atoms with van der Waals surface area (Å²) in [6.45, 7) is 6.63. The third kappa shape index (κ3) is 11.1. The Kier molecular flexibility index (Phi) is 19.5. The van der Waals surface area contributed by atoms with Crippen molar-refractivity contribution in [2.75, 3.05) is 19.8 Å². The normalized spacial score (nSPS) is 15.4. The van der Waals surface area contributed by atoms with E-state index < -0.39 is 72.4 Å². The van der Waals surface area contributed by atoms with Crippen molar-refractivity contribution in [1.82, 2.24) is 0 Å². The van der Waals surface area contributed by atoms with Crippen LogP contribution in [0.2, 0.25) is 0 Å². The number of hydrogen-bond donors (Lipinski definition) is 0. The van der Waals surface area contributed by atoms with Crippen LogP contribution in [0.25, 0.3) is 0 Å². The van der Waals surface area contributed by atoms with Gasteiger partial charge in [0.25, 0.3) is 5.97 Å². The Hall–Kier alpha value is -1.31. The van der Waals surface area contributed by atoms with Crippen LogP contribution in [0, 0.1) is 5.92 Å². The Balaban J connectivity index is 6.95. The summed E-state index contributed by atoms with van der Waals surface area (Å²) in [6, 6.07) is 0. The zero-order valence-corrected chi connectivity index (χ0v) is 29.5. The van der Waals surface area contributed by atoms with Crippen LogP contribution < -0.4 is 0 Å². The SMILES string of the molecule is CCCCCCCCC(CCC(F)(F)C(F)(F)C(F)(F)C(F)(F)C(F)(F)C(F)(F)C(F)(F)C(F)(F)F)C(OCCCC)(OCCCC)OCCCC. The minimum Gasteiger partial charge on any atom is -0.327 e. The lowest BCUT2D eigenvalue weighted by Crippen LogP contribution is -2.74. The third-order valence-electron chi connectivity index (χ3n) is 8.40. The molecule has 20 heteroatoms. The first-order valence-electron chi connectivity index (χ1n) is 17.2. The molecule has 52 heavy (non-hydrogen) atoms. The summed E-state index contributed by atoms with van der Waals surface area (Å²) >= 11 is 0. The second-order valence-corrected chi connectivity index (χ2v) is 12.7. The van der Waals surface area contributed by atoms with E-state index in [1.807, 2.05) is 6.92 Å². The van der Waals surface area contributed by atoms with Gasteiger partial charge in [0.15, 0.2) is 0 Å². The van der Waals surface area contributed by atoms with Crippen LogP contribution in [0.15, 0.2) is 0 Å². The molecule has 0 rings (SSSR count). The third-order valence-corrected chi connectivity index (χ3v) is 8.40. The molecule has 0 fully saturated rings. The van der Waals surface area contributed by atoms with Gasteiger partial charge in [-0.15, -0.1) is 0 Å². The van der Waals surface area contributed by atoms with E-state index in [1.165, 1.54) is 0 Å². The summed E-state index contributed by atoms with van der Waals surface area (Å²) in [6.07, 6.45) is -5.87. The molecule has 3 nitrogen and oxygen atoms in total. The maximum Gasteiger partial charge on any atom is 0.460 e. The molecule has 0 aliphatic heterocycles. The lowest BCUT2D eigenvalue weighted by molar-refractivity contribution is -0.462. The number of halogens is 17. The van der Waals surface area contributed by atoms with E-state index in [0.29, 0.717) is 51.4 Å². The first-order valence-corrected chi connectivity index (χ1v) is 17.2. The van der Waals surface area contributed by atoms with Crippen LogP contribution >= 0.6 is 0 Å². The molecule has 0 aliphatic rings. The van der Waals surface area contributed by atoms with Gasteiger partial charge in [-0.1, -0.05) is 85.5 Å². The second-order valence-electron chi connectivity index (χ2n) is 12.7. The van der Waals surface area contributed by atoms with Crippen LogP contribution in [0.4, 0.5) is 74.6 Å². The number of hydrogen-bond acceptors (Lipinski definition) is 3. The molecule has 0 bridgehead atoms.